The normalized spacial score (nSPS) is 10.0. The lowest BCUT2D eigenvalue weighted by Crippen LogP contribution is -2.03. The predicted molar refractivity (Wildman–Crippen MR) is 72.2 cm³/mol. The molecule has 1 aromatic heterocycles. The molecule has 19 heavy (non-hydrogen) atoms. The summed E-state index contributed by atoms with van der Waals surface area (Å²) in [4.78, 5) is 15.7. The molecular formula is C15H15NO3. The molecule has 1 heterocycles. The summed E-state index contributed by atoms with van der Waals surface area (Å²) in [6, 6.07) is 11.0. The van der Waals surface area contributed by atoms with Gasteiger partial charge in [-0.2, -0.15) is 0 Å². The second kappa shape index (κ2) is 6.00. The van der Waals surface area contributed by atoms with E-state index in [1.165, 1.54) is 0 Å². The molecule has 4 heteroatoms. The topological polar surface area (TPSA) is 48.4 Å². The summed E-state index contributed by atoms with van der Waals surface area (Å²) in [6.07, 6.45) is 1.73. The van der Waals surface area contributed by atoms with Crippen molar-refractivity contribution in [2.75, 3.05) is 13.7 Å². The molecule has 0 N–H and O–H groups in total. The van der Waals surface area contributed by atoms with Gasteiger partial charge >= 0.3 is 5.97 Å². The van der Waals surface area contributed by atoms with Gasteiger partial charge in [-0.3, -0.25) is 0 Å². The highest BCUT2D eigenvalue weighted by Crippen LogP contribution is 2.20. The Kier molecular flexibility index (Phi) is 4.13. The maximum atomic E-state index is 11.5. The number of methoxy groups -OCH3 is 1. The lowest BCUT2D eigenvalue weighted by atomic mass is 10.1. The molecule has 0 radical (unpaired) electrons. The van der Waals surface area contributed by atoms with E-state index in [1.807, 2.05) is 18.2 Å². The number of nitrogens with zero attached hydrogens (tertiary/aromatic N) is 1. The van der Waals surface area contributed by atoms with Crippen LogP contribution in [0.25, 0.3) is 11.1 Å². The Balaban J connectivity index is 2.19. The molecule has 0 aliphatic carbocycles. The van der Waals surface area contributed by atoms with Gasteiger partial charge in [0.05, 0.1) is 19.3 Å². The summed E-state index contributed by atoms with van der Waals surface area (Å²) in [5.41, 5.74) is 2.51. The summed E-state index contributed by atoms with van der Waals surface area (Å²) in [6.45, 7) is 2.16. The minimum atomic E-state index is -0.304. The van der Waals surface area contributed by atoms with Crippen molar-refractivity contribution in [2.45, 2.75) is 6.92 Å². The molecule has 98 valence electrons. The number of esters is 1. The van der Waals surface area contributed by atoms with Crippen molar-refractivity contribution in [3.8, 4) is 17.0 Å². The molecular weight excluding hydrogens is 242 g/mol. The molecule has 0 aliphatic heterocycles. The van der Waals surface area contributed by atoms with Crippen molar-refractivity contribution in [1.29, 1.82) is 0 Å². The molecule has 0 atom stereocenters. The maximum Gasteiger partial charge on any atom is 0.338 e. The van der Waals surface area contributed by atoms with Crippen LogP contribution in [0.3, 0.4) is 0 Å². The first-order valence-corrected chi connectivity index (χ1v) is 6.02. The smallest absolute Gasteiger partial charge is 0.338 e. The number of carbonyl (C=O) groups is 1. The zero-order chi connectivity index (χ0) is 13.7. The van der Waals surface area contributed by atoms with Gasteiger partial charge < -0.3 is 9.47 Å². The Morgan fingerprint density at radius 1 is 1.11 bits per heavy atom. The van der Waals surface area contributed by atoms with E-state index in [1.54, 1.807) is 38.4 Å². The Morgan fingerprint density at radius 2 is 1.79 bits per heavy atom. The van der Waals surface area contributed by atoms with E-state index >= 15 is 0 Å². The summed E-state index contributed by atoms with van der Waals surface area (Å²) >= 11 is 0. The van der Waals surface area contributed by atoms with Crippen LogP contribution in [0.5, 0.6) is 5.88 Å². The van der Waals surface area contributed by atoms with Gasteiger partial charge in [0.2, 0.25) is 5.88 Å². The Morgan fingerprint density at radius 3 is 2.32 bits per heavy atom. The van der Waals surface area contributed by atoms with Gasteiger partial charge in [-0.05, 0) is 30.7 Å². The van der Waals surface area contributed by atoms with Crippen LogP contribution in [-0.2, 0) is 4.74 Å². The summed E-state index contributed by atoms with van der Waals surface area (Å²) in [7, 11) is 1.58. The van der Waals surface area contributed by atoms with Gasteiger partial charge in [0.15, 0.2) is 0 Å². The van der Waals surface area contributed by atoms with Crippen LogP contribution in [0.2, 0.25) is 0 Å². The van der Waals surface area contributed by atoms with Crippen LogP contribution in [0.1, 0.15) is 17.3 Å². The van der Waals surface area contributed by atoms with Crippen molar-refractivity contribution in [3.05, 3.63) is 48.2 Å². The second-order valence-corrected chi connectivity index (χ2v) is 3.89. The average Bonchev–Trinajstić information content (AvgIpc) is 2.48. The third kappa shape index (κ3) is 3.10. The van der Waals surface area contributed by atoms with Gasteiger partial charge in [0.25, 0.3) is 0 Å². The fraction of sp³-hybridized carbons (Fsp3) is 0.200. The first-order valence-electron chi connectivity index (χ1n) is 6.02. The standard InChI is InChI=1S/C15H15NO3/c1-3-19-15(17)12-6-4-11(5-7-12)13-8-9-14(18-2)16-10-13/h4-10H,3H2,1-2H3. The van der Waals surface area contributed by atoms with Crippen LogP contribution in [0.4, 0.5) is 0 Å². The van der Waals surface area contributed by atoms with Gasteiger partial charge in [0.1, 0.15) is 0 Å². The first kappa shape index (κ1) is 13.1. The van der Waals surface area contributed by atoms with Crippen LogP contribution in [0.15, 0.2) is 42.6 Å². The first-order chi connectivity index (χ1) is 9.24. The van der Waals surface area contributed by atoms with E-state index in [9.17, 15) is 4.79 Å². The molecule has 0 saturated heterocycles. The minimum Gasteiger partial charge on any atom is -0.481 e. The van der Waals surface area contributed by atoms with Crippen molar-refractivity contribution >= 4 is 5.97 Å². The molecule has 0 fully saturated rings. The molecule has 0 spiro atoms. The quantitative estimate of drug-likeness (QED) is 0.790. The van der Waals surface area contributed by atoms with Crippen molar-refractivity contribution < 1.29 is 14.3 Å². The molecule has 0 saturated carbocycles. The SMILES string of the molecule is CCOC(=O)c1ccc(-c2ccc(OC)nc2)cc1. The van der Waals surface area contributed by atoms with E-state index in [0.717, 1.165) is 11.1 Å². The third-order valence-electron chi connectivity index (χ3n) is 2.67. The van der Waals surface area contributed by atoms with Crippen LogP contribution in [-0.4, -0.2) is 24.7 Å². The molecule has 0 amide bonds. The van der Waals surface area contributed by atoms with Gasteiger partial charge in [0, 0.05) is 17.8 Å². The van der Waals surface area contributed by atoms with E-state index in [-0.39, 0.29) is 5.97 Å². The second-order valence-electron chi connectivity index (χ2n) is 3.89. The highest BCUT2D eigenvalue weighted by Gasteiger charge is 2.06. The molecule has 1 aromatic carbocycles. The number of carbonyl (C=O) groups excluding carboxylic acids is 1. The van der Waals surface area contributed by atoms with Crippen LogP contribution in [0, 0.1) is 0 Å². The lowest BCUT2D eigenvalue weighted by molar-refractivity contribution is 0.0526. The molecule has 4 nitrogen and oxygen atoms in total. The summed E-state index contributed by atoms with van der Waals surface area (Å²) in [5.74, 6) is 0.272. The molecule has 0 bridgehead atoms. The lowest BCUT2D eigenvalue weighted by Gasteiger charge is -2.05. The number of pyridine rings is 1. The number of benzene rings is 1. The number of hydrogen-bond acceptors (Lipinski definition) is 4. The van der Waals surface area contributed by atoms with Crippen LogP contribution < -0.4 is 4.74 Å². The summed E-state index contributed by atoms with van der Waals surface area (Å²) in [5, 5.41) is 0. The highest BCUT2D eigenvalue weighted by atomic mass is 16.5. The zero-order valence-electron chi connectivity index (χ0n) is 10.9. The third-order valence-corrected chi connectivity index (χ3v) is 2.67. The molecule has 0 aliphatic rings. The van der Waals surface area contributed by atoms with Gasteiger partial charge in [-0.25, -0.2) is 9.78 Å². The number of ether oxygens (including phenoxy) is 2. The molecule has 0 unspecified atom stereocenters. The molecule has 2 aromatic rings. The molecule has 2 rings (SSSR count). The Bertz CT molecular complexity index is 547. The number of hydrogen-bond donors (Lipinski definition) is 0. The van der Waals surface area contributed by atoms with Crippen LogP contribution >= 0.6 is 0 Å². The minimum absolute atomic E-state index is 0.304. The van der Waals surface area contributed by atoms with E-state index in [2.05, 4.69) is 4.98 Å². The average molecular weight is 257 g/mol. The fourth-order valence-electron chi connectivity index (χ4n) is 1.68. The number of aromatic nitrogens is 1. The maximum absolute atomic E-state index is 11.5. The van der Waals surface area contributed by atoms with Gasteiger partial charge in [-0.15, -0.1) is 0 Å². The van der Waals surface area contributed by atoms with E-state index < -0.39 is 0 Å². The predicted octanol–water partition coefficient (Wildman–Crippen LogP) is 2.93. The number of rotatable bonds is 4. The largest absolute Gasteiger partial charge is 0.481 e. The van der Waals surface area contributed by atoms with E-state index in [0.29, 0.717) is 18.1 Å². The Hall–Kier alpha value is -2.36. The van der Waals surface area contributed by atoms with Crippen molar-refractivity contribution in [3.63, 3.8) is 0 Å². The van der Waals surface area contributed by atoms with E-state index in [4.69, 9.17) is 9.47 Å². The fourth-order valence-corrected chi connectivity index (χ4v) is 1.68. The van der Waals surface area contributed by atoms with Crippen molar-refractivity contribution in [2.24, 2.45) is 0 Å². The Labute approximate surface area is 112 Å². The highest BCUT2D eigenvalue weighted by molar-refractivity contribution is 5.90. The van der Waals surface area contributed by atoms with Crippen molar-refractivity contribution in [1.82, 2.24) is 4.98 Å². The monoisotopic (exact) mass is 257 g/mol. The van der Waals surface area contributed by atoms with Gasteiger partial charge in [-0.1, -0.05) is 12.1 Å². The summed E-state index contributed by atoms with van der Waals surface area (Å²) < 4.78 is 9.95. The zero-order valence-corrected chi connectivity index (χ0v) is 10.9.